The molecule has 0 heterocycles. The number of nitrogens with one attached hydrogen (secondary N) is 1. The molecule has 0 spiro atoms. The van der Waals surface area contributed by atoms with Gasteiger partial charge < -0.3 is 20.6 Å². The summed E-state index contributed by atoms with van der Waals surface area (Å²) >= 11 is 0. The molecule has 1 amide bonds. The van der Waals surface area contributed by atoms with E-state index in [0.717, 1.165) is 0 Å². The molecule has 0 aromatic heterocycles. The fourth-order valence-electron chi connectivity index (χ4n) is 1.09. The van der Waals surface area contributed by atoms with Crippen molar-refractivity contribution in [3.63, 3.8) is 0 Å². The molecule has 1 atom stereocenters. The maximum atomic E-state index is 10.3. The van der Waals surface area contributed by atoms with Gasteiger partial charge in [-0.25, -0.2) is 4.79 Å². The van der Waals surface area contributed by atoms with E-state index in [2.05, 4.69) is 5.32 Å². The van der Waals surface area contributed by atoms with Crippen LogP contribution >= 0.6 is 0 Å². The average Bonchev–Trinajstić information content (AvgIpc) is 2.15. The van der Waals surface area contributed by atoms with E-state index in [4.69, 9.17) is 15.3 Å². The topological polar surface area (TPSA) is 89.8 Å². The maximum Gasteiger partial charge on any atom is 0.405 e. The number of aliphatic hydroxyl groups excluding tert-OH is 1. The monoisotopic (exact) mass is 197 g/mol. The molecule has 0 unspecified atom stereocenters. The summed E-state index contributed by atoms with van der Waals surface area (Å²) < 4.78 is 0. The zero-order valence-electron chi connectivity index (χ0n) is 7.34. The Kier molecular flexibility index (Phi) is 3.30. The quantitative estimate of drug-likeness (QED) is 0.574. The number of hydrogen-bond donors (Lipinski definition) is 4. The first kappa shape index (κ1) is 10.3. The Bertz CT molecular complexity index is 309. The Hall–Kier alpha value is -1.75. The second kappa shape index (κ2) is 4.48. The maximum absolute atomic E-state index is 10.3. The highest BCUT2D eigenvalue weighted by Crippen LogP contribution is 2.16. The van der Waals surface area contributed by atoms with E-state index in [9.17, 15) is 4.79 Å². The molecule has 0 saturated carbocycles. The van der Waals surface area contributed by atoms with Crippen molar-refractivity contribution in [2.75, 3.05) is 6.61 Å². The van der Waals surface area contributed by atoms with Crippen molar-refractivity contribution in [2.45, 2.75) is 6.04 Å². The molecular formula is C9H11NO4. The van der Waals surface area contributed by atoms with E-state index < -0.39 is 12.1 Å². The van der Waals surface area contributed by atoms with Gasteiger partial charge in [0, 0.05) is 0 Å². The molecule has 0 bridgehead atoms. The van der Waals surface area contributed by atoms with E-state index in [0.29, 0.717) is 5.56 Å². The van der Waals surface area contributed by atoms with Gasteiger partial charge in [0.1, 0.15) is 5.75 Å². The van der Waals surface area contributed by atoms with E-state index in [1.54, 1.807) is 12.1 Å². The lowest BCUT2D eigenvalue weighted by Crippen LogP contribution is -2.29. The number of carboxylic acid groups (broad SMARTS) is 1. The van der Waals surface area contributed by atoms with Gasteiger partial charge in [-0.3, -0.25) is 0 Å². The summed E-state index contributed by atoms with van der Waals surface area (Å²) in [6.45, 7) is -0.322. The third-order valence-electron chi connectivity index (χ3n) is 1.78. The van der Waals surface area contributed by atoms with Crippen molar-refractivity contribution in [2.24, 2.45) is 0 Å². The van der Waals surface area contributed by atoms with Crippen LogP contribution in [0.2, 0.25) is 0 Å². The van der Waals surface area contributed by atoms with Crippen molar-refractivity contribution in [1.82, 2.24) is 5.32 Å². The number of rotatable bonds is 3. The molecule has 76 valence electrons. The molecule has 0 saturated heterocycles. The molecule has 1 aromatic rings. The molecule has 4 N–H and O–H groups in total. The van der Waals surface area contributed by atoms with Crippen molar-refractivity contribution < 1.29 is 20.1 Å². The summed E-state index contributed by atoms with van der Waals surface area (Å²) in [6.07, 6.45) is -1.20. The molecule has 14 heavy (non-hydrogen) atoms. The molecule has 5 heteroatoms. The lowest BCUT2D eigenvalue weighted by molar-refractivity contribution is 0.177. The molecule has 0 fully saturated rings. The second-order valence-corrected chi connectivity index (χ2v) is 2.78. The number of hydrogen-bond acceptors (Lipinski definition) is 3. The van der Waals surface area contributed by atoms with Crippen LogP contribution in [0.3, 0.4) is 0 Å². The van der Waals surface area contributed by atoms with Crippen LogP contribution in [-0.2, 0) is 0 Å². The van der Waals surface area contributed by atoms with E-state index in [1.807, 2.05) is 0 Å². The summed E-state index contributed by atoms with van der Waals surface area (Å²) in [5, 5.41) is 28.5. The van der Waals surface area contributed by atoms with Crippen LogP contribution in [0, 0.1) is 0 Å². The van der Waals surface area contributed by atoms with Crippen LogP contribution in [0.1, 0.15) is 11.6 Å². The minimum absolute atomic E-state index is 0.0979. The highest BCUT2D eigenvalue weighted by atomic mass is 16.4. The number of carbonyl (C=O) groups is 1. The molecule has 5 nitrogen and oxygen atoms in total. The van der Waals surface area contributed by atoms with Gasteiger partial charge in [0.15, 0.2) is 0 Å². The van der Waals surface area contributed by atoms with Crippen LogP contribution in [0.4, 0.5) is 4.79 Å². The molecule has 0 aliphatic rings. The number of aromatic hydroxyl groups is 1. The van der Waals surface area contributed by atoms with Crippen LogP contribution in [0.5, 0.6) is 5.75 Å². The van der Waals surface area contributed by atoms with Gasteiger partial charge in [-0.05, 0) is 17.7 Å². The van der Waals surface area contributed by atoms with Crippen LogP contribution < -0.4 is 5.32 Å². The van der Waals surface area contributed by atoms with Gasteiger partial charge in [-0.1, -0.05) is 12.1 Å². The third kappa shape index (κ3) is 2.63. The van der Waals surface area contributed by atoms with Gasteiger partial charge in [0.25, 0.3) is 0 Å². The smallest absolute Gasteiger partial charge is 0.405 e. The minimum atomic E-state index is -1.20. The standard InChI is InChI=1S/C9H11NO4/c11-5-8(10-9(13)14)6-1-3-7(12)4-2-6/h1-4,8,10-12H,5H2,(H,13,14)/t8-/m0/s1. The lowest BCUT2D eigenvalue weighted by atomic mass is 10.1. The SMILES string of the molecule is O=C(O)N[C@@H](CO)c1ccc(O)cc1. The summed E-state index contributed by atoms with van der Waals surface area (Å²) in [4.78, 5) is 10.3. The third-order valence-corrected chi connectivity index (χ3v) is 1.78. The number of amides is 1. The van der Waals surface area contributed by atoms with Crippen molar-refractivity contribution in [1.29, 1.82) is 0 Å². The Morgan fingerprint density at radius 3 is 2.36 bits per heavy atom. The zero-order valence-corrected chi connectivity index (χ0v) is 7.34. The number of benzene rings is 1. The molecule has 1 rings (SSSR count). The Labute approximate surface area is 80.6 Å². The second-order valence-electron chi connectivity index (χ2n) is 2.78. The molecular weight excluding hydrogens is 186 g/mol. The summed E-state index contributed by atoms with van der Waals surface area (Å²) in [5.41, 5.74) is 0.604. The van der Waals surface area contributed by atoms with Crippen molar-refractivity contribution in [3.05, 3.63) is 29.8 Å². The van der Waals surface area contributed by atoms with Gasteiger partial charge in [0.2, 0.25) is 0 Å². The Morgan fingerprint density at radius 1 is 1.36 bits per heavy atom. The number of phenols is 1. The van der Waals surface area contributed by atoms with E-state index >= 15 is 0 Å². The first-order valence-corrected chi connectivity index (χ1v) is 4.02. The summed E-state index contributed by atoms with van der Waals surface area (Å²) in [5.74, 6) is 0.0979. The fraction of sp³-hybridized carbons (Fsp3) is 0.222. The first-order chi connectivity index (χ1) is 6.63. The van der Waals surface area contributed by atoms with Crippen molar-refractivity contribution in [3.8, 4) is 5.75 Å². The Morgan fingerprint density at radius 2 is 1.93 bits per heavy atom. The van der Waals surface area contributed by atoms with Gasteiger partial charge in [0.05, 0.1) is 12.6 Å². The first-order valence-electron chi connectivity index (χ1n) is 4.02. The predicted octanol–water partition coefficient (Wildman–Crippen LogP) is 0.693. The van der Waals surface area contributed by atoms with Crippen LogP contribution in [0.15, 0.2) is 24.3 Å². The Balaban J connectivity index is 2.78. The highest BCUT2D eigenvalue weighted by Gasteiger charge is 2.11. The van der Waals surface area contributed by atoms with E-state index in [-0.39, 0.29) is 12.4 Å². The van der Waals surface area contributed by atoms with Crippen LogP contribution in [0.25, 0.3) is 0 Å². The summed E-state index contributed by atoms with van der Waals surface area (Å²) in [7, 11) is 0. The zero-order chi connectivity index (χ0) is 10.6. The van der Waals surface area contributed by atoms with E-state index in [1.165, 1.54) is 12.1 Å². The van der Waals surface area contributed by atoms with Gasteiger partial charge in [-0.15, -0.1) is 0 Å². The molecule has 1 aromatic carbocycles. The predicted molar refractivity (Wildman–Crippen MR) is 49.1 cm³/mol. The molecule has 0 aliphatic carbocycles. The van der Waals surface area contributed by atoms with Crippen molar-refractivity contribution >= 4 is 6.09 Å². The normalized spacial score (nSPS) is 12.1. The van der Waals surface area contributed by atoms with Gasteiger partial charge >= 0.3 is 6.09 Å². The number of aliphatic hydroxyl groups is 1. The molecule has 0 aliphatic heterocycles. The lowest BCUT2D eigenvalue weighted by Gasteiger charge is -2.14. The van der Waals surface area contributed by atoms with Gasteiger partial charge in [-0.2, -0.15) is 0 Å². The highest BCUT2D eigenvalue weighted by molar-refractivity contribution is 5.65. The largest absolute Gasteiger partial charge is 0.508 e. The minimum Gasteiger partial charge on any atom is -0.508 e. The fourth-order valence-corrected chi connectivity index (χ4v) is 1.09. The average molecular weight is 197 g/mol. The summed E-state index contributed by atoms with van der Waals surface area (Å²) in [6, 6.07) is 5.30. The van der Waals surface area contributed by atoms with Crippen LogP contribution in [-0.4, -0.2) is 28.0 Å². The number of phenolic OH excluding ortho intramolecular Hbond substituents is 1. The molecule has 0 radical (unpaired) electrons.